The molecule has 1 aliphatic rings. The molecule has 9 nitrogen and oxygen atoms in total. The van der Waals surface area contributed by atoms with Crippen LogP contribution >= 0.6 is 0 Å². The van der Waals surface area contributed by atoms with Gasteiger partial charge in [0.15, 0.2) is 6.29 Å². The number of rotatable bonds is 7. The Balaban J connectivity index is 1.86. The first-order valence-electron chi connectivity index (χ1n) is 8.17. The minimum Gasteiger partial charge on any atom is -0.350 e. The summed E-state index contributed by atoms with van der Waals surface area (Å²) in [7, 11) is -0.835. The molecule has 0 aromatic heterocycles. The van der Waals surface area contributed by atoms with Crippen LogP contribution in [0.1, 0.15) is 29.6 Å². The Bertz CT molecular complexity index is 744. The van der Waals surface area contributed by atoms with Crippen molar-refractivity contribution in [2.75, 3.05) is 27.2 Å². The standard InChI is InChI=1S/C16H23N3O6S/c1-19(2)26(22,23)13-7-5-6-12(10-13)16(21)17-11-14(20)18-25-15-8-3-4-9-24-15/h5-7,10,15H,3-4,8-9,11H2,1-2H3,(H,17,21)(H,18,20). The summed E-state index contributed by atoms with van der Waals surface area (Å²) in [5, 5.41) is 2.41. The minimum absolute atomic E-state index is 0.00242. The fourth-order valence-electron chi connectivity index (χ4n) is 2.24. The molecule has 1 fully saturated rings. The number of nitrogens with one attached hydrogen (secondary N) is 2. The van der Waals surface area contributed by atoms with Gasteiger partial charge >= 0.3 is 0 Å². The van der Waals surface area contributed by atoms with Crippen LogP contribution in [0.2, 0.25) is 0 Å². The van der Waals surface area contributed by atoms with Crippen LogP contribution in [0.15, 0.2) is 29.2 Å². The lowest BCUT2D eigenvalue weighted by atomic mass is 10.2. The number of sulfonamides is 1. The monoisotopic (exact) mass is 385 g/mol. The molecule has 0 spiro atoms. The molecule has 26 heavy (non-hydrogen) atoms. The Hall–Kier alpha value is -2.01. The lowest BCUT2D eigenvalue weighted by molar-refractivity contribution is -0.200. The van der Waals surface area contributed by atoms with Crippen molar-refractivity contribution in [2.24, 2.45) is 0 Å². The number of amides is 2. The molecule has 2 rings (SSSR count). The quantitative estimate of drug-likeness (QED) is 0.650. The maximum atomic E-state index is 12.1. The number of carbonyl (C=O) groups is 2. The van der Waals surface area contributed by atoms with Crippen molar-refractivity contribution in [3.8, 4) is 0 Å². The van der Waals surface area contributed by atoms with Crippen LogP contribution in [0.3, 0.4) is 0 Å². The van der Waals surface area contributed by atoms with Gasteiger partial charge in [-0.25, -0.2) is 23.0 Å². The average Bonchev–Trinajstić information content (AvgIpc) is 2.65. The van der Waals surface area contributed by atoms with Crippen LogP contribution in [-0.4, -0.2) is 58.1 Å². The molecule has 1 atom stereocenters. The van der Waals surface area contributed by atoms with Gasteiger partial charge in [-0.2, -0.15) is 0 Å². The minimum atomic E-state index is -3.65. The summed E-state index contributed by atoms with van der Waals surface area (Å²) in [4.78, 5) is 29.0. The number of hydrogen-bond donors (Lipinski definition) is 2. The fraction of sp³-hybridized carbons (Fsp3) is 0.500. The van der Waals surface area contributed by atoms with Gasteiger partial charge in [-0.15, -0.1) is 0 Å². The summed E-state index contributed by atoms with van der Waals surface area (Å²) in [6, 6.07) is 5.59. The molecule has 0 radical (unpaired) electrons. The average molecular weight is 385 g/mol. The van der Waals surface area contributed by atoms with E-state index in [-0.39, 0.29) is 17.0 Å². The Morgan fingerprint density at radius 2 is 2.08 bits per heavy atom. The first-order chi connectivity index (χ1) is 12.3. The van der Waals surface area contributed by atoms with Crippen molar-refractivity contribution >= 4 is 21.8 Å². The van der Waals surface area contributed by atoms with Crippen LogP contribution in [0.5, 0.6) is 0 Å². The molecule has 1 aromatic rings. The first kappa shape index (κ1) is 20.3. The van der Waals surface area contributed by atoms with Crippen LogP contribution in [0.4, 0.5) is 0 Å². The van der Waals surface area contributed by atoms with E-state index in [0.717, 1.165) is 17.1 Å². The summed E-state index contributed by atoms with van der Waals surface area (Å²) in [5.41, 5.74) is 2.36. The summed E-state index contributed by atoms with van der Waals surface area (Å²) in [5.74, 6) is -1.10. The third-order valence-corrected chi connectivity index (χ3v) is 5.54. The van der Waals surface area contributed by atoms with E-state index >= 15 is 0 Å². The number of nitrogens with zero attached hydrogens (tertiary/aromatic N) is 1. The summed E-state index contributed by atoms with van der Waals surface area (Å²) in [6.45, 7) is 0.277. The molecule has 0 aliphatic carbocycles. The topological polar surface area (TPSA) is 114 Å². The Kier molecular flexibility index (Phi) is 7.09. The maximum Gasteiger partial charge on any atom is 0.263 e. The van der Waals surface area contributed by atoms with Gasteiger partial charge in [-0.3, -0.25) is 9.59 Å². The van der Waals surface area contributed by atoms with E-state index in [2.05, 4.69) is 10.8 Å². The first-order valence-corrected chi connectivity index (χ1v) is 9.61. The van der Waals surface area contributed by atoms with Crippen LogP contribution in [0.25, 0.3) is 0 Å². The SMILES string of the molecule is CN(C)S(=O)(=O)c1cccc(C(=O)NCC(=O)NOC2CCCCO2)c1. The van der Waals surface area contributed by atoms with Crippen molar-refractivity contribution in [1.29, 1.82) is 0 Å². The molecule has 1 unspecified atom stereocenters. The zero-order chi connectivity index (χ0) is 19.2. The molecular formula is C16H23N3O6S. The van der Waals surface area contributed by atoms with E-state index < -0.39 is 28.1 Å². The molecule has 1 aromatic carbocycles. The van der Waals surface area contributed by atoms with E-state index in [1.54, 1.807) is 0 Å². The lowest BCUT2D eigenvalue weighted by Crippen LogP contribution is -2.40. The van der Waals surface area contributed by atoms with Crippen LogP contribution < -0.4 is 10.8 Å². The van der Waals surface area contributed by atoms with Gasteiger partial charge in [-0.1, -0.05) is 6.07 Å². The Labute approximate surface area is 152 Å². The van der Waals surface area contributed by atoms with Gasteiger partial charge < -0.3 is 10.1 Å². The van der Waals surface area contributed by atoms with E-state index in [9.17, 15) is 18.0 Å². The van der Waals surface area contributed by atoms with Crippen molar-refractivity contribution in [3.05, 3.63) is 29.8 Å². The van der Waals surface area contributed by atoms with Crippen molar-refractivity contribution in [1.82, 2.24) is 15.1 Å². The highest BCUT2D eigenvalue weighted by molar-refractivity contribution is 7.89. The maximum absolute atomic E-state index is 12.1. The molecule has 10 heteroatoms. The third-order valence-electron chi connectivity index (χ3n) is 3.73. The van der Waals surface area contributed by atoms with E-state index in [1.165, 1.54) is 38.4 Å². The van der Waals surface area contributed by atoms with Crippen LogP contribution in [0, 0.1) is 0 Å². The molecule has 1 aliphatic heterocycles. The zero-order valence-corrected chi connectivity index (χ0v) is 15.5. The summed E-state index contributed by atoms with van der Waals surface area (Å²) in [6.07, 6.45) is 2.15. The Morgan fingerprint density at radius 1 is 1.31 bits per heavy atom. The predicted octanol–water partition coefficient (Wildman–Crippen LogP) is 0.241. The third kappa shape index (κ3) is 5.49. The predicted molar refractivity (Wildman–Crippen MR) is 92.5 cm³/mol. The Morgan fingerprint density at radius 3 is 2.73 bits per heavy atom. The second kappa shape index (κ2) is 9.08. The van der Waals surface area contributed by atoms with E-state index in [1.807, 2.05) is 0 Å². The summed E-state index contributed by atoms with van der Waals surface area (Å²) >= 11 is 0. The number of ether oxygens (including phenoxy) is 1. The van der Waals surface area contributed by atoms with Gasteiger partial charge in [0.1, 0.15) is 0 Å². The van der Waals surface area contributed by atoms with Gasteiger partial charge in [0.05, 0.1) is 11.4 Å². The van der Waals surface area contributed by atoms with Gasteiger partial charge in [0.25, 0.3) is 11.8 Å². The highest BCUT2D eigenvalue weighted by Crippen LogP contribution is 2.15. The van der Waals surface area contributed by atoms with Crippen molar-refractivity contribution < 1.29 is 27.6 Å². The number of hydroxylamine groups is 1. The smallest absolute Gasteiger partial charge is 0.263 e. The second-order valence-electron chi connectivity index (χ2n) is 5.94. The molecule has 2 N–H and O–H groups in total. The van der Waals surface area contributed by atoms with Crippen molar-refractivity contribution in [3.63, 3.8) is 0 Å². The molecule has 1 heterocycles. The molecule has 0 saturated carbocycles. The van der Waals surface area contributed by atoms with E-state index in [4.69, 9.17) is 9.57 Å². The summed E-state index contributed by atoms with van der Waals surface area (Å²) < 4.78 is 30.6. The molecule has 0 bridgehead atoms. The highest BCUT2D eigenvalue weighted by Gasteiger charge is 2.19. The molecule has 144 valence electrons. The zero-order valence-electron chi connectivity index (χ0n) is 14.7. The molecule has 2 amide bonds. The highest BCUT2D eigenvalue weighted by atomic mass is 32.2. The van der Waals surface area contributed by atoms with Crippen molar-refractivity contribution in [2.45, 2.75) is 30.4 Å². The number of hydrogen-bond acceptors (Lipinski definition) is 6. The van der Waals surface area contributed by atoms with Gasteiger partial charge in [0.2, 0.25) is 10.0 Å². The number of benzene rings is 1. The molecule has 1 saturated heterocycles. The van der Waals surface area contributed by atoms with E-state index in [0.29, 0.717) is 13.0 Å². The van der Waals surface area contributed by atoms with Gasteiger partial charge in [-0.05, 0) is 31.0 Å². The normalized spacial score (nSPS) is 17.7. The molecular weight excluding hydrogens is 362 g/mol. The fourth-order valence-corrected chi connectivity index (χ4v) is 3.19. The van der Waals surface area contributed by atoms with Crippen LogP contribution in [-0.2, 0) is 24.4 Å². The van der Waals surface area contributed by atoms with Gasteiger partial charge in [0, 0.05) is 32.7 Å². The number of carbonyl (C=O) groups excluding carboxylic acids is 2. The second-order valence-corrected chi connectivity index (χ2v) is 8.09. The lowest BCUT2D eigenvalue weighted by Gasteiger charge is -2.22. The largest absolute Gasteiger partial charge is 0.350 e.